The maximum absolute atomic E-state index is 12.9. The van der Waals surface area contributed by atoms with Gasteiger partial charge in [0, 0.05) is 23.5 Å². The van der Waals surface area contributed by atoms with Crippen molar-refractivity contribution in [3.05, 3.63) is 52.8 Å². The third-order valence-electron chi connectivity index (χ3n) is 4.34. The summed E-state index contributed by atoms with van der Waals surface area (Å²) in [6, 6.07) is 6.57. The molecule has 27 heavy (non-hydrogen) atoms. The molecule has 144 valence electrons. The van der Waals surface area contributed by atoms with E-state index >= 15 is 0 Å². The lowest BCUT2D eigenvalue weighted by atomic mass is 10.1. The first-order valence-electron chi connectivity index (χ1n) is 8.68. The Hall–Kier alpha value is -2.64. The Kier molecular flexibility index (Phi) is 5.34. The van der Waals surface area contributed by atoms with Crippen LogP contribution in [0, 0.1) is 13.8 Å². The number of aromatic nitrogens is 2. The Bertz CT molecular complexity index is 819. The zero-order chi connectivity index (χ0) is 19.6. The second kappa shape index (κ2) is 7.54. The van der Waals surface area contributed by atoms with Crippen LogP contribution in [0.4, 0.5) is 13.2 Å². The molecule has 3 rings (SSSR count). The summed E-state index contributed by atoms with van der Waals surface area (Å²) in [4.78, 5) is 22.6. The van der Waals surface area contributed by atoms with E-state index in [1.807, 2.05) is 19.9 Å². The molecule has 2 aromatic rings. The number of aryl methyl sites for hydroxylation is 2. The van der Waals surface area contributed by atoms with E-state index in [9.17, 15) is 18.0 Å². The molecule has 5 nitrogen and oxygen atoms in total. The number of amides is 1. The molecule has 0 aliphatic carbocycles. The average molecular weight is 379 g/mol. The highest BCUT2D eigenvalue weighted by atomic mass is 19.4. The zero-order valence-electron chi connectivity index (χ0n) is 15.1. The summed E-state index contributed by atoms with van der Waals surface area (Å²) in [6.45, 7) is 4.44. The number of hydrogen-bond donors (Lipinski definition) is 0. The monoisotopic (exact) mass is 379 g/mol. The second-order valence-corrected chi connectivity index (χ2v) is 6.65. The van der Waals surface area contributed by atoms with Gasteiger partial charge in [0.15, 0.2) is 0 Å². The molecule has 1 amide bonds. The van der Waals surface area contributed by atoms with Crippen molar-refractivity contribution in [2.45, 2.75) is 39.0 Å². The summed E-state index contributed by atoms with van der Waals surface area (Å²) in [6.07, 6.45) is -3.36. The molecular weight excluding hydrogens is 359 g/mol. The van der Waals surface area contributed by atoms with Crippen LogP contribution in [-0.4, -0.2) is 40.0 Å². The summed E-state index contributed by atoms with van der Waals surface area (Å²) in [5, 5.41) is 0. The van der Waals surface area contributed by atoms with E-state index in [4.69, 9.17) is 4.74 Å². The van der Waals surface area contributed by atoms with Crippen molar-refractivity contribution in [2.75, 3.05) is 13.1 Å². The van der Waals surface area contributed by atoms with Crippen LogP contribution in [0.1, 0.15) is 40.2 Å². The van der Waals surface area contributed by atoms with E-state index in [1.165, 1.54) is 17.0 Å². The summed E-state index contributed by atoms with van der Waals surface area (Å²) in [5.41, 5.74) is 0.755. The van der Waals surface area contributed by atoms with E-state index in [0.29, 0.717) is 13.0 Å². The van der Waals surface area contributed by atoms with Crippen molar-refractivity contribution < 1.29 is 22.7 Å². The number of ether oxygens (including phenoxy) is 1. The molecular formula is C19H20F3N3O2. The van der Waals surface area contributed by atoms with Crippen LogP contribution in [0.2, 0.25) is 0 Å². The molecule has 0 N–H and O–H groups in total. The lowest BCUT2D eigenvalue weighted by Gasteiger charge is -2.32. The normalized spacial score (nSPS) is 17.7. The SMILES string of the molecule is Cc1cc(C)nc(OC2CCCN(C(=O)c3cccc(C(F)(F)F)c3)C2)n1. The van der Waals surface area contributed by atoms with Crippen molar-refractivity contribution in [2.24, 2.45) is 0 Å². The molecule has 1 aromatic heterocycles. The molecule has 1 atom stereocenters. The minimum absolute atomic E-state index is 0.0214. The highest BCUT2D eigenvalue weighted by Crippen LogP contribution is 2.30. The number of likely N-dealkylation sites (tertiary alicyclic amines) is 1. The van der Waals surface area contributed by atoms with Crippen LogP contribution < -0.4 is 4.74 Å². The van der Waals surface area contributed by atoms with Gasteiger partial charge in [-0.25, -0.2) is 9.97 Å². The van der Waals surface area contributed by atoms with Gasteiger partial charge < -0.3 is 9.64 Å². The third-order valence-corrected chi connectivity index (χ3v) is 4.34. The maximum Gasteiger partial charge on any atom is 0.416 e. The number of rotatable bonds is 3. The predicted octanol–water partition coefficient (Wildman–Crippen LogP) is 3.80. The quantitative estimate of drug-likeness (QED) is 0.814. The van der Waals surface area contributed by atoms with Gasteiger partial charge in [0.1, 0.15) is 6.10 Å². The number of carbonyl (C=O) groups is 1. The van der Waals surface area contributed by atoms with Crippen LogP contribution in [0.15, 0.2) is 30.3 Å². The molecule has 0 radical (unpaired) electrons. The number of carbonyl (C=O) groups excluding carboxylic acids is 1. The number of nitrogens with zero attached hydrogens (tertiary/aromatic N) is 3. The zero-order valence-corrected chi connectivity index (χ0v) is 15.1. The first kappa shape index (κ1) is 19.1. The largest absolute Gasteiger partial charge is 0.458 e. The van der Waals surface area contributed by atoms with Crippen molar-refractivity contribution in [3.8, 4) is 6.01 Å². The van der Waals surface area contributed by atoms with Crippen LogP contribution in [0.25, 0.3) is 0 Å². The lowest BCUT2D eigenvalue weighted by Crippen LogP contribution is -2.44. The predicted molar refractivity (Wildman–Crippen MR) is 92.5 cm³/mol. The average Bonchev–Trinajstić information content (AvgIpc) is 2.60. The summed E-state index contributed by atoms with van der Waals surface area (Å²) in [7, 11) is 0. The molecule has 8 heteroatoms. The van der Waals surface area contributed by atoms with E-state index in [1.54, 1.807) is 0 Å². The van der Waals surface area contributed by atoms with Gasteiger partial charge in [-0.1, -0.05) is 6.07 Å². The van der Waals surface area contributed by atoms with Crippen molar-refractivity contribution in [3.63, 3.8) is 0 Å². The Labute approximate surface area is 155 Å². The topological polar surface area (TPSA) is 55.3 Å². The lowest BCUT2D eigenvalue weighted by molar-refractivity contribution is -0.137. The molecule has 1 unspecified atom stereocenters. The second-order valence-electron chi connectivity index (χ2n) is 6.65. The summed E-state index contributed by atoms with van der Waals surface area (Å²) in [5.74, 6) is -0.434. The van der Waals surface area contributed by atoms with E-state index in [0.717, 1.165) is 29.9 Å². The standard InChI is InChI=1S/C19H20F3N3O2/c1-12-9-13(2)24-18(23-12)27-16-7-4-8-25(11-16)17(26)14-5-3-6-15(10-14)19(20,21)22/h3,5-6,9-10,16H,4,7-8,11H2,1-2H3. The fraction of sp³-hybridized carbons (Fsp3) is 0.421. The van der Waals surface area contributed by atoms with Crippen LogP contribution >= 0.6 is 0 Å². The highest BCUT2D eigenvalue weighted by Gasteiger charge is 2.32. The van der Waals surface area contributed by atoms with E-state index in [-0.39, 0.29) is 24.2 Å². The molecule has 1 fully saturated rings. The maximum atomic E-state index is 12.9. The Morgan fingerprint density at radius 3 is 2.56 bits per heavy atom. The van der Waals surface area contributed by atoms with Crippen LogP contribution in [0.5, 0.6) is 6.01 Å². The van der Waals surface area contributed by atoms with Gasteiger partial charge in [0.05, 0.1) is 12.1 Å². The first-order chi connectivity index (χ1) is 12.7. The Morgan fingerprint density at radius 2 is 1.89 bits per heavy atom. The van der Waals surface area contributed by atoms with Crippen molar-refractivity contribution in [1.82, 2.24) is 14.9 Å². The fourth-order valence-corrected chi connectivity index (χ4v) is 3.13. The van der Waals surface area contributed by atoms with Crippen molar-refractivity contribution in [1.29, 1.82) is 0 Å². The minimum Gasteiger partial charge on any atom is -0.458 e. The van der Waals surface area contributed by atoms with Crippen molar-refractivity contribution >= 4 is 5.91 Å². The Morgan fingerprint density at radius 1 is 1.19 bits per heavy atom. The molecule has 1 saturated heterocycles. The third kappa shape index (κ3) is 4.75. The van der Waals surface area contributed by atoms with Gasteiger partial charge in [0.25, 0.3) is 5.91 Å². The van der Waals surface area contributed by atoms with Gasteiger partial charge in [-0.2, -0.15) is 13.2 Å². The number of benzene rings is 1. The molecule has 2 heterocycles. The number of alkyl halides is 3. The molecule has 1 aliphatic heterocycles. The smallest absolute Gasteiger partial charge is 0.416 e. The number of piperidine rings is 1. The van der Waals surface area contributed by atoms with Crippen LogP contribution in [0.3, 0.4) is 0 Å². The molecule has 1 aromatic carbocycles. The van der Waals surface area contributed by atoms with E-state index in [2.05, 4.69) is 9.97 Å². The highest BCUT2D eigenvalue weighted by molar-refractivity contribution is 5.94. The first-order valence-corrected chi connectivity index (χ1v) is 8.68. The minimum atomic E-state index is -4.48. The van der Waals surface area contributed by atoms with Gasteiger partial charge >= 0.3 is 12.2 Å². The van der Waals surface area contributed by atoms with E-state index < -0.39 is 17.6 Å². The van der Waals surface area contributed by atoms with Gasteiger partial charge in [-0.15, -0.1) is 0 Å². The van der Waals surface area contributed by atoms with Gasteiger partial charge in [-0.3, -0.25) is 4.79 Å². The molecule has 1 aliphatic rings. The van der Waals surface area contributed by atoms with Gasteiger partial charge in [-0.05, 0) is 51.0 Å². The molecule has 0 bridgehead atoms. The fourth-order valence-electron chi connectivity index (χ4n) is 3.13. The summed E-state index contributed by atoms with van der Waals surface area (Å²) < 4.78 is 44.5. The van der Waals surface area contributed by atoms with Gasteiger partial charge in [0.2, 0.25) is 0 Å². The number of halogens is 3. The van der Waals surface area contributed by atoms with Crippen LogP contribution in [-0.2, 0) is 6.18 Å². The molecule has 0 saturated carbocycles. The molecule has 0 spiro atoms. The Balaban J connectivity index is 1.71. The number of hydrogen-bond acceptors (Lipinski definition) is 4. The summed E-state index contributed by atoms with van der Waals surface area (Å²) >= 11 is 0.